The van der Waals surface area contributed by atoms with Gasteiger partial charge in [0.15, 0.2) is 0 Å². The van der Waals surface area contributed by atoms with Crippen LogP contribution in [-0.4, -0.2) is 26.7 Å². The van der Waals surface area contributed by atoms with Gasteiger partial charge in [-0.15, -0.1) is 0 Å². The van der Waals surface area contributed by atoms with Crippen LogP contribution in [0, 0.1) is 17.7 Å². The highest BCUT2D eigenvalue weighted by Crippen LogP contribution is 2.14. The number of nitrogens with one attached hydrogen (secondary N) is 1. The Labute approximate surface area is 119 Å². The van der Waals surface area contributed by atoms with Crippen LogP contribution < -0.4 is 4.72 Å². The Balaban J connectivity index is 2.89. The Morgan fingerprint density at radius 2 is 2.15 bits per heavy atom. The van der Waals surface area contributed by atoms with E-state index in [1.54, 1.807) is 0 Å². The highest BCUT2D eigenvalue weighted by Gasteiger charge is 2.15. The first kappa shape index (κ1) is 16.6. The molecule has 4 nitrogen and oxygen atoms in total. The van der Waals surface area contributed by atoms with Gasteiger partial charge >= 0.3 is 0 Å². The molecule has 0 aromatic heterocycles. The largest absolute Gasteiger partial charge is 0.395 e. The van der Waals surface area contributed by atoms with Gasteiger partial charge in [-0.3, -0.25) is 0 Å². The van der Waals surface area contributed by atoms with Gasteiger partial charge in [0.05, 0.1) is 17.1 Å². The molecule has 1 aromatic carbocycles. The van der Waals surface area contributed by atoms with E-state index in [0.29, 0.717) is 6.54 Å². The summed E-state index contributed by atoms with van der Waals surface area (Å²) in [6, 6.07) is 3.60. The van der Waals surface area contributed by atoms with Crippen molar-refractivity contribution in [2.75, 3.05) is 13.2 Å². The third-order valence-corrected chi connectivity index (χ3v) is 3.99. The first-order chi connectivity index (χ1) is 9.51. The predicted octanol–water partition coefficient (Wildman–Crippen LogP) is 1.64. The van der Waals surface area contributed by atoms with E-state index in [-0.39, 0.29) is 23.5 Å². The lowest BCUT2D eigenvalue weighted by Crippen LogP contribution is -2.24. The maximum Gasteiger partial charge on any atom is 0.240 e. The monoisotopic (exact) mass is 299 g/mol. The second-order valence-electron chi connectivity index (χ2n) is 4.17. The quantitative estimate of drug-likeness (QED) is 0.620. The average molecular weight is 299 g/mol. The summed E-state index contributed by atoms with van der Waals surface area (Å²) in [4.78, 5) is -0.112. The van der Waals surface area contributed by atoms with Gasteiger partial charge in [-0.05, 0) is 24.6 Å². The van der Waals surface area contributed by atoms with Crippen molar-refractivity contribution < 1.29 is 17.9 Å². The molecular formula is C14H18FNO3S. The third-order valence-electron chi connectivity index (χ3n) is 2.53. The minimum Gasteiger partial charge on any atom is -0.395 e. The van der Waals surface area contributed by atoms with Gasteiger partial charge in [0, 0.05) is 13.0 Å². The molecule has 1 aromatic rings. The molecule has 0 saturated heterocycles. The number of aliphatic hydroxyl groups excluding tert-OH is 1. The Morgan fingerprint density at radius 3 is 2.75 bits per heavy atom. The van der Waals surface area contributed by atoms with Crippen molar-refractivity contribution in [1.82, 2.24) is 4.72 Å². The first-order valence-corrected chi connectivity index (χ1v) is 7.88. The number of halogens is 1. The molecule has 110 valence electrons. The number of hydrogen-bond acceptors (Lipinski definition) is 3. The van der Waals surface area contributed by atoms with Crippen molar-refractivity contribution in [2.24, 2.45) is 0 Å². The van der Waals surface area contributed by atoms with E-state index in [0.717, 1.165) is 18.9 Å². The summed E-state index contributed by atoms with van der Waals surface area (Å²) in [5.74, 6) is 4.45. The van der Waals surface area contributed by atoms with Crippen molar-refractivity contribution in [2.45, 2.75) is 31.1 Å². The standard InChI is InChI=1S/C14H18FNO3S/c1-2-3-9-16-20(18,19)13-8-7-12(14(15)11-13)6-4-5-10-17/h7-8,11,16-17H,2-3,5,9-10H2,1H3. The molecule has 0 heterocycles. The van der Waals surface area contributed by atoms with E-state index in [1.807, 2.05) is 6.92 Å². The first-order valence-electron chi connectivity index (χ1n) is 6.40. The molecule has 0 saturated carbocycles. The number of aliphatic hydroxyl groups is 1. The van der Waals surface area contributed by atoms with Gasteiger partial charge in [0.2, 0.25) is 10.0 Å². The molecular weight excluding hydrogens is 281 g/mol. The van der Waals surface area contributed by atoms with Gasteiger partial charge in [0.1, 0.15) is 5.82 Å². The minimum atomic E-state index is -3.68. The Morgan fingerprint density at radius 1 is 1.40 bits per heavy atom. The Bertz CT molecular complexity index is 603. The van der Waals surface area contributed by atoms with E-state index >= 15 is 0 Å². The molecule has 0 bridgehead atoms. The van der Waals surface area contributed by atoms with E-state index in [9.17, 15) is 12.8 Å². The van der Waals surface area contributed by atoms with Crippen molar-refractivity contribution in [3.05, 3.63) is 29.6 Å². The van der Waals surface area contributed by atoms with E-state index < -0.39 is 15.8 Å². The van der Waals surface area contributed by atoms with Crippen LogP contribution in [0.1, 0.15) is 31.7 Å². The summed E-state index contributed by atoms with van der Waals surface area (Å²) in [6.07, 6.45) is 1.85. The normalized spacial score (nSPS) is 10.9. The lowest BCUT2D eigenvalue weighted by molar-refractivity contribution is 0.305. The summed E-state index contributed by atoms with van der Waals surface area (Å²) in [5, 5.41) is 8.58. The number of sulfonamides is 1. The molecule has 6 heteroatoms. The lowest BCUT2D eigenvalue weighted by Gasteiger charge is -2.06. The molecule has 2 N–H and O–H groups in total. The number of benzene rings is 1. The molecule has 0 amide bonds. The van der Waals surface area contributed by atoms with Gasteiger partial charge in [-0.2, -0.15) is 0 Å². The smallest absolute Gasteiger partial charge is 0.240 e. The highest BCUT2D eigenvalue weighted by atomic mass is 32.2. The zero-order valence-electron chi connectivity index (χ0n) is 11.3. The summed E-state index contributed by atoms with van der Waals surface area (Å²) >= 11 is 0. The van der Waals surface area contributed by atoms with Crippen LogP contribution in [0.5, 0.6) is 0 Å². The predicted molar refractivity (Wildman–Crippen MR) is 75.1 cm³/mol. The fourth-order valence-electron chi connectivity index (χ4n) is 1.44. The van der Waals surface area contributed by atoms with Crippen molar-refractivity contribution >= 4 is 10.0 Å². The van der Waals surface area contributed by atoms with Gasteiger partial charge < -0.3 is 5.11 Å². The third kappa shape index (κ3) is 4.93. The minimum absolute atomic E-state index is 0.0948. The maximum absolute atomic E-state index is 13.7. The Kier molecular flexibility index (Phi) is 6.65. The van der Waals surface area contributed by atoms with Crippen molar-refractivity contribution in [3.63, 3.8) is 0 Å². The van der Waals surface area contributed by atoms with E-state index in [2.05, 4.69) is 16.6 Å². The van der Waals surface area contributed by atoms with Crippen LogP contribution in [0.15, 0.2) is 23.1 Å². The summed E-state index contributed by atoms with van der Waals surface area (Å²) in [5.41, 5.74) is 0.117. The second-order valence-corrected chi connectivity index (χ2v) is 5.94. The molecule has 0 spiro atoms. The zero-order valence-corrected chi connectivity index (χ0v) is 12.1. The fraction of sp³-hybridized carbons (Fsp3) is 0.429. The molecule has 0 aliphatic rings. The van der Waals surface area contributed by atoms with Crippen molar-refractivity contribution in [1.29, 1.82) is 0 Å². The number of unbranched alkanes of at least 4 members (excludes halogenated alkanes) is 1. The fourth-order valence-corrected chi connectivity index (χ4v) is 2.53. The molecule has 1 rings (SSSR count). The van der Waals surface area contributed by atoms with Gasteiger partial charge in [0.25, 0.3) is 0 Å². The molecule has 0 fully saturated rings. The topological polar surface area (TPSA) is 66.4 Å². The van der Waals surface area contributed by atoms with Crippen LogP contribution in [0.25, 0.3) is 0 Å². The SMILES string of the molecule is CCCCNS(=O)(=O)c1ccc(C#CCCO)c(F)c1. The Hall–Kier alpha value is -1.42. The lowest BCUT2D eigenvalue weighted by atomic mass is 10.2. The van der Waals surface area contributed by atoms with E-state index in [4.69, 9.17) is 5.11 Å². The maximum atomic E-state index is 13.7. The van der Waals surface area contributed by atoms with Crippen molar-refractivity contribution in [3.8, 4) is 11.8 Å². The zero-order chi connectivity index (χ0) is 15.0. The molecule has 20 heavy (non-hydrogen) atoms. The summed E-state index contributed by atoms with van der Waals surface area (Å²) < 4.78 is 39.9. The van der Waals surface area contributed by atoms with Crippen LogP contribution >= 0.6 is 0 Å². The highest BCUT2D eigenvalue weighted by molar-refractivity contribution is 7.89. The molecule has 0 radical (unpaired) electrons. The van der Waals surface area contributed by atoms with Crippen LogP contribution in [0.3, 0.4) is 0 Å². The number of rotatable bonds is 6. The summed E-state index contributed by atoms with van der Waals surface area (Å²) in [6.45, 7) is 2.19. The summed E-state index contributed by atoms with van der Waals surface area (Å²) in [7, 11) is -3.68. The van der Waals surface area contributed by atoms with Gasteiger partial charge in [-0.1, -0.05) is 25.2 Å². The van der Waals surface area contributed by atoms with Crippen LogP contribution in [-0.2, 0) is 10.0 Å². The molecule has 0 aliphatic heterocycles. The molecule has 0 unspecified atom stereocenters. The molecule has 0 atom stereocenters. The van der Waals surface area contributed by atoms with E-state index in [1.165, 1.54) is 12.1 Å². The van der Waals surface area contributed by atoms with Crippen LogP contribution in [0.4, 0.5) is 4.39 Å². The van der Waals surface area contributed by atoms with Gasteiger partial charge in [-0.25, -0.2) is 17.5 Å². The molecule has 0 aliphatic carbocycles. The number of hydrogen-bond donors (Lipinski definition) is 2. The average Bonchev–Trinajstić information content (AvgIpc) is 2.41. The second kappa shape index (κ2) is 8.00. The van der Waals surface area contributed by atoms with Crippen LogP contribution in [0.2, 0.25) is 0 Å².